The standard InChI is InChI=1S/C18H24B3FN4O2/c19-18(20,21)28-15-3-1-2-13(10-15)12-24-17(27)26-8-6-25(7-9-26)14-4-5-23-16(22)11-14/h1-5,10-11H,6-9,12,19-21H2,(H,24,27). The van der Waals surface area contributed by atoms with Crippen molar-refractivity contribution in [3.63, 3.8) is 0 Å². The van der Waals surface area contributed by atoms with Crippen molar-refractivity contribution in [1.82, 2.24) is 15.2 Å². The first-order valence-corrected chi connectivity index (χ1v) is 9.47. The molecule has 0 atom stereocenters. The van der Waals surface area contributed by atoms with Gasteiger partial charge in [0.15, 0.2) is 0 Å². The van der Waals surface area contributed by atoms with Crippen molar-refractivity contribution in [2.24, 2.45) is 0 Å². The Morgan fingerprint density at radius 2 is 1.93 bits per heavy atom. The van der Waals surface area contributed by atoms with Crippen molar-refractivity contribution in [3.8, 4) is 5.75 Å². The van der Waals surface area contributed by atoms with Gasteiger partial charge in [-0.05, 0) is 23.8 Å². The average molecular weight is 380 g/mol. The van der Waals surface area contributed by atoms with E-state index < -0.39 is 5.95 Å². The third-order valence-electron chi connectivity index (χ3n) is 4.41. The topological polar surface area (TPSA) is 57.7 Å². The predicted octanol–water partition coefficient (Wildman–Crippen LogP) is -0.858. The van der Waals surface area contributed by atoms with E-state index in [-0.39, 0.29) is 11.3 Å². The molecule has 2 heterocycles. The summed E-state index contributed by atoms with van der Waals surface area (Å²) >= 11 is 0. The highest BCUT2D eigenvalue weighted by atomic mass is 19.1. The van der Waals surface area contributed by atoms with E-state index in [1.807, 2.05) is 47.8 Å². The third kappa shape index (κ3) is 5.68. The summed E-state index contributed by atoms with van der Waals surface area (Å²) in [5, 5.41) is 2.70. The van der Waals surface area contributed by atoms with Crippen molar-refractivity contribution in [3.05, 3.63) is 54.1 Å². The average Bonchev–Trinajstić information content (AvgIpc) is 2.65. The van der Waals surface area contributed by atoms with Gasteiger partial charge in [0.2, 0.25) is 5.95 Å². The van der Waals surface area contributed by atoms with Crippen LogP contribution in [0.4, 0.5) is 14.9 Å². The summed E-state index contributed by atoms with van der Waals surface area (Å²) in [6.07, 6.45) is 1.46. The molecule has 6 nitrogen and oxygen atoms in total. The van der Waals surface area contributed by atoms with Crippen LogP contribution in [0.5, 0.6) is 5.75 Å². The molecule has 28 heavy (non-hydrogen) atoms. The molecule has 1 aliphatic rings. The highest BCUT2D eigenvalue weighted by Crippen LogP contribution is 2.17. The first kappa shape index (κ1) is 20.1. The van der Waals surface area contributed by atoms with E-state index in [2.05, 4.69) is 15.2 Å². The lowest BCUT2D eigenvalue weighted by molar-refractivity contribution is 0.194. The Labute approximate surface area is 167 Å². The van der Waals surface area contributed by atoms with Crippen molar-refractivity contribution in [2.75, 3.05) is 31.1 Å². The van der Waals surface area contributed by atoms with E-state index in [1.54, 1.807) is 11.0 Å². The van der Waals surface area contributed by atoms with Crippen LogP contribution in [0.3, 0.4) is 0 Å². The summed E-state index contributed by atoms with van der Waals surface area (Å²) in [5.74, 6) is 0.299. The van der Waals surface area contributed by atoms with Gasteiger partial charge in [-0.25, -0.2) is 9.78 Å². The fraction of sp³-hybridized carbons (Fsp3) is 0.333. The number of amides is 2. The highest BCUT2D eigenvalue weighted by Gasteiger charge is 2.21. The van der Waals surface area contributed by atoms with E-state index in [0.717, 1.165) is 17.0 Å². The third-order valence-corrected chi connectivity index (χ3v) is 4.41. The van der Waals surface area contributed by atoms with Gasteiger partial charge in [0.25, 0.3) is 0 Å². The molecule has 1 N–H and O–H groups in total. The second-order valence-electron chi connectivity index (χ2n) is 7.83. The Kier molecular flexibility index (Phi) is 6.16. The molecule has 1 aliphatic heterocycles. The predicted molar refractivity (Wildman–Crippen MR) is 116 cm³/mol. The van der Waals surface area contributed by atoms with Crippen LogP contribution in [0, 0.1) is 5.95 Å². The van der Waals surface area contributed by atoms with Gasteiger partial charge in [0.1, 0.15) is 29.3 Å². The second-order valence-corrected chi connectivity index (χ2v) is 7.83. The van der Waals surface area contributed by atoms with E-state index >= 15 is 0 Å². The number of piperazine rings is 1. The molecule has 1 saturated heterocycles. The fourth-order valence-corrected chi connectivity index (χ4v) is 3.12. The van der Waals surface area contributed by atoms with E-state index in [9.17, 15) is 9.18 Å². The SMILES string of the molecule is BC(B)(B)Oc1cccc(CNC(=O)N2CCN(c3ccnc(F)c3)CC2)c1. The molecule has 0 unspecified atom stereocenters. The van der Waals surface area contributed by atoms with Crippen molar-refractivity contribution >= 4 is 35.3 Å². The normalized spacial score (nSPS) is 14.6. The van der Waals surface area contributed by atoms with Crippen LogP contribution in [-0.2, 0) is 6.54 Å². The van der Waals surface area contributed by atoms with Crippen LogP contribution in [-0.4, -0.2) is 70.9 Å². The van der Waals surface area contributed by atoms with E-state index in [0.29, 0.717) is 32.7 Å². The Bertz CT molecular complexity index is 826. The summed E-state index contributed by atoms with van der Waals surface area (Å²) in [4.78, 5) is 19.9. The Morgan fingerprint density at radius 3 is 2.61 bits per heavy atom. The van der Waals surface area contributed by atoms with Crippen molar-refractivity contribution < 1.29 is 13.9 Å². The Balaban J connectivity index is 1.49. The maximum absolute atomic E-state index is 13.3. The smallest absolute Gasteiger partial charge is 0.317 e. The molecule has 0 saturated carbocycles. The molecule has 0 aliphatic carbocycles. The molecule has 10 heteroatoms. The van der Waals surface area contributed by atoms with Gasteiger partial charge in [-0.15, -0.1) is 0 Å². The number of aromatic nitrogens is 1. The lowest BCUT2D eigenvalue weighted by atomic mass is 9.52. The number of nitrogens with zero attached hydrogens (tertiary/aromatic N) is 3. The molecule has 0 bridgehead atoms. The number of ether oxygens (including phenoxy) is 1. The first-order chi connectivity index (χ1) is 13.3. The number of rotatable bonds is 5. The summed E-state index contributed by atoms with van der Waals surface area (Å²) in [7, 11) is 6.00. The zero-order valence-corrected chi connectivity index (χ0v) is 16.6. The summed E-state index contributed by atoms with van der Waals surface area (Å²) < 4.78 is 19.2. The van der Waals surface area contributed by atoms with Crippen LogP contribution in [0.1, 0.15) is 5.56 Å². The van der Waals surface area contributed by atoms with Crippen LogP contribution >= 0.6 is 0 Å². The van der Waals surface area contributed by atoms with E-state index in [1.165, 1.54) is 12.3 Å². The van der Waals surface area contributed by atoms with Crippen molar-refractivity contribution in [1.29, 1.82) is 0 Å². The molecule has 1 aromatic carbocycles. The molecule has 144 valence electrons. The highest BCUT2D eigenvalue weighted by molar-refractivity contribution is 6.58. The molecular formula is C18H24B3FN4O2. The van der Waals surface area contributed by atoms with Gasteiger partial charge in [-0.2, -0.15) is 4.39 Å². The second kappa shape index (κ2) is 8.58. The van der Waals surface area contributed by atoms with Gasteiger partial charge >= 0.3 is 6.03 Å². The number of anilines is 1. The monoisotopic (exact) mass is 380 g/mol. The molecule has 2 amide bonds. The first-order valence-electron chi connectivity index (χ1n) is 9.47. The lowest BCUT2D eigenvalue weighted by Crippen LogP contribution is -2.51. The molecule has 2 aromatic rings. The molecule has 0 radical (unpaired) electrons. The lowest BCUT2D eigenvalue weighted by Gasteiger charge is -2.36. The number of benzene rings is 1. The van der Waals surface area contributed by atoms with Crippen LogP contribution in [0.2, 0.25) is 0 Å². The summed E-state index contributed by atoms with van der Waals surface area (Å²) in [5.41, 5.74) is 1.78. The number of nitrogens with one attached hydrogen (secondary N) is 1. The summed E-state index contributed by atoms with van der Waals surface area (Å²) in [6.45, 7) is 2.93. The van der Waals surface area contributed by atoms with Crippen LogP contribution < -0.4 is 15.0 Å². The van der Waals surface area contributed by atoms with Crippen molar-refractivity contribution in [2.45, 2.75) is 11.8 Å². The number of pyridine rings is 1. The minimum Gasteiger partial charge on any atom is -0.514 e. The Hall–Kier alpha value is -2.64. The molecular weight excluding hydrogens is 356 g/mol. The number of urea groups is 1. The molecule has 0 spiro atoms. The molecule has 1 aromatic heterocycles. The molecule has 1 fully saturated rings. The summed E-state index contributed by atoms with van der Waals surface area (Å²) in [6, 6.07) is 10.9. The maximum Gasteiger partial charge on any atom is 0.317 e. The van der Waals surface area contributed by atoms with E-state index in [4.69, 9.17) is 4.74 Å². The number of carbonyl (C=O) groups excluding carboxylic acids is 1. The van der Waals surface area contributed by atoms with Crippen LogP contribution in [0.25, 0.3) is 0 Å². The number of hydrogen-bond acceptors (Lipinski definition) is 4. The zero-order chi connectivity index (χ0) is 20.1. The largest absolute Gasteiger partial charge is 0.514 e. The minimum absolute atomic E-state index is 0.0947. The Morgan fingerprint density at radius 1 is 1.18 bits per heavy atom. The zero-order valence-electron chi connectivity index (χ0n) is 16.6. The minimum atomic E-state index is -0.490. The number of halogens is 1. The number of carbonyl (C=O) groups is 1. The fourth-order valence-electron chi connectivity index (χ4n) is 3.12. The van der Waals surface area contributed by atoms with Crippen LogP contribution in [0.15, 0.2) is 42.6 Å². The van der Waals surface area contributed by atoms with Gasteiger partial charge < -0.3 is 19.9 Å². The molecule has 3 rings (SSSR count). The number of hydrogen-bond donors (Lipinski definition) is 1. The van der Waals surface area contributed by atoms with Gasteiger partial charge in [0, 0.05) is 56.0 Å². The van der Waals surface area contributed by atoms with Gasteiger partial charge in [0.05, 0.1) is 0 Å². The van der Waals surface area contributed by atoms with Gasteiger partial charge in [-0.3, -0.25) is 0 Å². The van der Waals surface area contributed by atoms with Gasteiger partial charge in [-0.1, -0.05) is 12.1 Å². The maximum atomic E-state index is 13.3. The quantitative estimate of drug-likeness (QED) is 0.543.